The first-order valence-electron chi connectivity index (χ1n) is 6.73. The Kier molecular flexibility index (Phi) is 6.61. The molecule has 4 heteroatoms. The molecule has 4 nitrogen and oxygen atoms in total. The van der Waals surface area contributed by atoms with Crippen LogP contribution in [0.3, 0.4) is 0 Å². The van der Waals surface area contributed by atoms with Crippen LogP contribution in [0.2, 0.25) is 0 Å². The monoisotopic (exact) mass is 274 g/mol. The molecule has 0 saturated carbocycles. The largest absolute Gasteiger partial charge is 0.481 e. The first-order chi connectivity index (χ1) is 9.54. The lowest BCUT2D eigenvalue weighted by Gasteiger charge is -2.17. The molecule has 0 aliphatic carbocycles. The first kappa shape index (κ1) is 16.1. The van der Waals surface area contributed by atoms with Crippen molar-refractivity contribution >= 4 is 5.91 Å². The van der Waals surface area contributed by atoms with Crippen LogP contribution in [0.4, 0.5) is 0 Å². The van der Waals surface area contributed by atoms with Gasteiger partial charge in [0.25, 0.3) is 5.91 Å². The standard InChI is InChI=1S/C16H22N2O2/c1-5-10-17-16(19)13(4)20-15-9-7-6-8-14(15)11-18-12(2)3/h1,6-9,12-13,18H,10-11H2,2-4H3,(H,17,19). The van der Waals surface area contributed by atoms with Crippen molar-refractivity contribution in [2.75, 3.05) is 6.54 Å². The molecule has 0 aromatic heterocycles. The molecule has 1 amide bonds. The first-order valence-corrected chi connectivity index (χ1v) is 6.73. The second-order valence-electron chi connectivity index (χ2n) is 4.83. The lowest BCUT2D eigenvalue weighted by atomic mass is 10.2. The third-order valence-corrected chi connectivity index (χ3v) is 2.71. The third kappa shape index (κ3) is 5.33. The maximum atomic E-state index is 11.7. The van der Waals surface area contributed by atoms with Crippen LogP contribution in [0.1, 0.15) is 26.3 Å². The summed E-state index contributed by atoms with van der Waals surface area (Å²) in [4.78, 5) is 11.7. The summed E-state index contributed by atoms with van der Waals surface area (Å²) < 4.78 is 5.72. The summed E-state index contributed by atoms with van der Waals surface area (Å²) in [5, 5.41) is 5.94. The van der Waals surface area contributed by atoms with E-state index in [2.05, 4.69) is 30.4 Å². The molecule has 1 rings (SSSR count). The number of para-hydroxylation sites is 1. The van der Waals surface area contributed by atoms with Crippen molar-refractivity contribution in [1.29, 1.82) is 0 Å². The fraction of sp³-hybridized carbons (Fsp3) is 0.438. The molecule has 0 spiro atoms. The van der Waals surface area contributed by atoms with Crippen LogP contribution in [0, 0.1) is 12.3 Å². The quantitative estimate of drug-likeness (QED) is 0.744. The minimum atomic E-state index is -0.580. The highest BCUT2D eigenvalue weighted by atomic mass is 16.5. The summed E-state index contributed by atoms with van der Waals surface area (Å²) in [5.74, 6) is 2.86. The van der Waals surface area contributed by atoms with Crippen molar-refractivity contribution in [2.45, 2.75) is 39.5 Å². The number of amides is 1. The maximum Gasteiger partial charge on any atom is 0.261 e. The van der Waals surface area contributed by atoms with Crippen LogP contribution < -0.4 is 15.4 Å². The van der Waals surface area contributed by atoms with Crippen LogP contribution in [-0.4, -0.2) is 24.6 Å². The van der Waals surface area contributed by atoms with Crippen LogP contribution >= 0.6 is 0 Å². The van der Waals surface area contributed by atoms with Gasteiger partial charge >= 0.3 is 0 Å². The minimum Gasteiger partial charge on any atom is -0.481 e. The Labute approximate surface area is 120 Å². The molecular weight excluding hydrogens is 252 g/mol. The predicted molar refractivity (Wildman–Crippen MR) is 80.4 cm³/mol. The van der Waals surface area contributed by atoms with Gasteiger partial charge in [0, 0.05) is 18.2 Å². The Bertz CT molecular complexity index is 478. The zero-order chi connectivity index (χ0) is 15.0. The Balaban J connectivity index is 2.67. The number of hydrogen-bond acceptors (Lipinski definition) is 3. The van der Waals surface area contributed by atoms with Gasteiger partial charge in [0.15, 0.2) is 6.10 Å². The lowest BCUT2D eigenvalue weighted by molar-refractivity contribution is -0.127. The normalized spacial score (nSPS) is 11.8. The van der Waals surface area contributed by atoms with E-state index >= 15 is 0 Å². The van der Waals surface area contributed by atoms with Gasteiger partial charge in [0.1, 0.15) is 5.75 Å². The van der Waals surface area contributed by atoms with E-state index in [1.165, 1.54) is 0 Å². The average molecular weight is 274 g/mol. The number of hydrogen-bond donors (Lipinski definition) is 2. The van der Waals surface area contributed by atoms with Gasteiger partial charge in [-0.25, -0.2) is 0 Å². The predicted octanol–water partition coefficient (Wildman–Crippen LogP) is 1.70. The maximum absolute atomic E-state index is 11.7. The highest BCUT2D eigenvalue weighted by molar-refractivity contribution is 5.80. The van der Waals surface area contributed by atoms with Crippen molar-refractivity contribution in [3.8, 4) is 18.1 Å². The van der Waals surface area contributed by atoms with Crippen molar-refractivity contribution < 1.29 is 9.53 Å². The highest BCUT2D eigenvalue weighted by Crippen LogP contribution is 2.19. The molecule has 0 saturated heterocycles. The number of carbonyl (C=O) groups is 1. The highest BCUT2D eigenvalue weighted by Gasteiger charge is 2.15. The Morgan fingerprint density at radius 3 is 2.70 bits per heavy atom. The van der Waals surface area contributed by atoms with E-state index in [9.17, 15) is 4.79 Å². The number of terminal acetylenes is 1. The van der Waals surface area contributed by atoms with E-state index in [4.69, 9.17) is 11.2 Å². The van der Waals surface area contributed by atoms with Gasteiger partial charge in [-0.1, -0.05) is 38.0 Å². The van der Waals surface area contributed by atoms with Gasteiger partial charge in [-0.2, -0.15) is 0 Å². The fourth-order valence-corrected chi connectivity index (χ4v) is 1.60. The van der Waals surface area contributed by atoms with Crippen LogP contribution in [0.15, 0.2) is 24.3 Å². The molecule has 0 bridgehead atoms. The zero-order valence-corrected chi connectivity index (χ0v) is 12.3. The fourth-order valence-electron chi connectivity index (χ4n) is 1.60. The molecule has 0 aliphatic rings. The van der Waals surface area contributed by atoms with Crippen molar-refractivity contribution in [1.82, 2.24) is 10.6 Å². The molecule has 2 N–H and O–H groups in total. The molecule has 0 aliphatic heterocycles. The molecule has 0 fully saturated rings. The van der Waals surface area contributed by atoms with E-state index in [0.717, 1.165) is 5.56 Å². The van der Waals surface area contributed by atoms with Crippen LogP contribution in [0.25, 0.3) is 0 Å². The minimum absolute atomic E-state index is 0.211. The van der Waals surface area contributed by atoms with Crippen molar-refractivity contribution in [3.63, 3.8) is 0 Å². The summed E-state index contributed by atoms with van der Waals surface area (Å²) in [5.41, 5.74) is 1.03. The molecule has 0 heterocycles. The van der Waals surface area contributed by atoms with Gasteiger partial charge in [-0.05, 0) is 13.0 Å². The molecular formula is C16H22N2O2. The van der Waals surface area contributed by atoms with Gasteiger partial charge in [-0.3, -0.25) is 4.79 Å². The lowest BCUT2D eigenvalue weighted by Crippen LogP contribution is -2.36. The summed E-state index contributed by atoms with van der Waals surface area (Å²) in [6.45, 7) is 6.78. The Morgan fingerprint density at radius 1 is 1.35 bits per heavy atom. The topological polar surface area (TPSA) is 50.4 Å². The second kappa shape index (κ2) is 8.23. The van der Waals surface area contributed by atoms with Crippen LogP contribution in [-0.2, 0) is 11.3 Å². The summed E-state index contributed by atoms with van der Waals surface area (Å²) >= 11 is 0. The molecule has 1 aromatic carbocycles. The SMILES string of the molecule is C#CCNC(=O)C(C)Oc1ccccc1CNC(C)C. The third-order valence-electron chi connectivity index (χ3n) is 2.71. The molecule has 1 atom stereocenters. The molecule has 108 valence electrons. The van der Waals surface area contributed by atoms with Crippen molar-refractivity contribution in [3.05, 3.63) is 29.8 Å². The van der Waals surface area contributed by atoms with E-state index < -0.39 is 6.10 Å². The number of nitrogens with one attached hydrogen (secondary N) is 2. The van der Waals surface area contributed by atoms with E-state index in [1.807, 2.05) is 24.3 Å². The summed E-state index contributed by atoms with van der Waals surface area (Å²) in [6.07, 6.45) is 4.53. The van der Waals surface area contributed by atoms with Gasteiger partial charge in [0.05, 0.1) is 6.54 Å². The second-order valence-corrected chi connectivity index (χ2v) is 4.83. The summed E-state index contributed by atoms with van der Waals surface area (Å²) in [7, 11) is 0. The zero-order valence-electron chi connectivity index (χ0n) is 12.3. The van der Waals surface area contributed by atoms with Gasteiger partial charge in [-0.15, -0.1) is 6.42 Å². The average Bonchev–Trinajstić information content (AvgIpc) is 2.43. The number of carbonyl (C=O) groups excluding carboxylic acids is 1. The van der Waals surface area contributed by atoms with Crippen LogP contribution in [0.5, 0.6) is 5.75 Å². The van der Waals surface area contributed by atoms with E-state index in [1.54, 1.807) is 6.92 Å². The Hall–Kier alpha value is -1.99. The summed E-state index contributed by atoms with van der Waals surface area (Å²) in [6, 6.07) is 8.08. The molecule has 20 heavy (non-hydrogen) atoms. The number of ether oxygens (including phenoxy) is 1. The molecule has 1 unspecified atom stereocenters. The van der Waals surface area contributed by atoms with E-state index in [-0.39, 0.29) is 12.5 Å². The smallest absolute Gasteiger partial charge is 0.261 e. The van der Waals surface area contributed by atoms with Gasteiger partial charge in [0.2, 0.25) is 0 Å². The molecule has 1 aromatic rings. The number of rotatable bonds is 7. The Morgan fingerprint density at radius 2 is 2.05 bits per heavy atom. The van der Waals surface area contributed by atoms with Gasteiger partial charge < -0.3 is 15.4 Å². The van der Waals surface area contributed by atoms with E-state index in [0.29, 0.717) is 18.3 Å². The molecule has 0 radical (unpaired) electrons. The van der Waals surface area contributed by atoms with Crippen molar-refractivity contribution in [2.24, 2.45) is 0 Å². The number of benzene rings is 1.